The van der Waals surface area contributed by atoms with Crippen LogP contribution in [-0.2, 0) is 14.8 Å². The van der Waals surface area contributed by atoms with E-state index >= 15 is 0 Å². The molecular weight excluding hydrogens is 314 g/mol. The first-order valence-corrected chi connectivity index (χ1v) is 9.51. The molecule has 0 aromatic carbocycles. The van der Waals surface area contributed by atoms with Crippen LogP contribution in [0.25, 0.3) is 0 Å². The Balaban J connectivity index is 1.65. The number of amides is 1. The Hall–Kier alpha value is -1.13. The fraction of sp³-hybridized carbons (Fsp3) is 0.727. The van der Waals surface area contributed by atoms with Gasteiger partial charge in [-0.05, 0) is 12.8 Å². The summed E-state index contributed by atoms with van der Waals surface area (Å²) in [5.41, 5.74) is 0. The molecule has 1 fully saturated rings. The Kier molecular flexibility index (Phi) is 5.59. The van der Waals surface area contributed by atoms with E-state index in [0.29, 0.717) is 38.2 Å². The molecule has 0 spiro atoms. The van der Waals surface area contributed by atoms with E-state index in [1.54, 1.807) is 0 Å². The molecule has 1 saturated heterocycles. The fourth-order valence-electron chi connectivity index (χ4n) is 2.18. The monoisotopic (exact) mass is 333 g/mol. The van der Waals surface area contributed by atoms with Gasteiger partial charge >= 0.3 is 0 Å². The molecule has 1 amide bonds. The highest BCUT2D eigenvalue weighted by Gasteiger charge is 2.28. The Morgan fingerprint density at radius 2 is 2.24 bits per heavy atom. The number of aromatic nitrogens is 3. The Morgan fingerprint density at radius 1 is 1.52 bits per heavy atom. The predicted molar refractivity (Wildman–Crippen MR) is 79.3 cm³/mol. The van der Waals surface area contributed by atoms with Gasteiger partial charge in [-0.1, -0.05) is 11.8 Å². The van der Waals surface area contributed by atoms with Crippen LogP contribution in [0.5, 0.6) is 0 Å². The number of piperidine rings is 1. The fourth-order valence-corrected chi connectivity index (χ4v) is 3.69. The Morgan fingerprint density at radius 3 is 2.81 bits per heavy atom. The van der Waals surface area contributed by atoms with Crippen molar-refractivity contribution < 1.29 is 13.2 Å². The van der Waals surface area contributed by atoms with Crippen molar-refractivity contribution in [3.05, 3.63) is 6.33 Å². The van der Waals surface area contributed by atoms with E-state index in [1.165, 1.54) is 28.7 Å². The van der Waals surface area contributed by atoms with E-state index in [-0.39, 0.29) is 11.8 Å². The Bertz CT molecular complexity index is 552. The van der Waals surface area contributed by atoms with Gasteiger partial charge in [0.05, 0.1) is 6.26 Å². The van der Waals surface area contributed by atoms with Gasteiger partial charge in [0.1, 0.15) is 6.33 Å². The van der Waals surface area contributed by atoms with E-state index in [9.17, 15) is 13.2 Å². The molecule has 0 aliphatic carbocycles. The molecule has 0 bridgehead atoms. The zero-order chi connectivity index (χ0) is 15.3. The lowest BCUT2D eigenvalue weighted by Crippen LogP contribution is -2.42. The highest BCUT2D eigenvalue weighted by molar-refractivity contribution is 7.99. The van der Waals surface area contributed by atoms with E-state index < -0.39 is 10.0 Å². The first-order valence-electron chi connectivity index (χ1n) is 6.68. The largest absolute Gasteiger partial charge is 0.355 e. The van der Waals surface area contributed by atoms with Gasteiger partial charge in [0.25, 0.3) is 0 Å². The lowest BCUT2D eigenvalue weighted by Gasteiger charge is -2.29. The van der Waals surface area contributed by atoms with Crippen molar-refractivity contribution in [1.29, 1.82) is 0 Å². The van der Waals surface area contributed by atoms with Gasteiger partial charge < -0.3 is 5.32 Å². The van der Waals surface area contributed by atoms with Crippen LogP contribution in [0.2, 0.25) is 0 Å². The maximum atomic E-state index is 12.0. The lowest BCUT2D eigenvalue weighted by atomic mass is 9.97. The van der Waals surface area contributed by atoms with E-state index in [4.69, 9.17) is 0 Å². The minimum absolute atomic E-state index is 0.00122. The molecule has 2 rings (SSSR count). The van der Waals surface area contributed by atoms with Crippen molar-refractivity contribution in [2.45, 2.75) is 18.0 Å². The van der Waals surface area contributed by atoms with Crippen LogP contribution >= 0.6 is 11.8 Å². The van der Waals surface area contributed by atoms with Crippen LogP contribution in [0.3, 0.4) is 0 Å². The number of carbonyl (C=O) groups is 1. The molecule has 2 N–H and O–H groups in total. The second kappa shape index (κ2) is 7.23. The van der Waals surface area contributed by atoms with Crippen molar-refractivity contribution in [1.82, 2.24) is 24.8 Å². The summed E-state index contributed by atoms with van der Waals surface area (Å²) < 4.78 is 24.2. The van der Waals surface area contributed by atoms with Crippen LogP contribution in [0.4, 0.5) is 0 Å². The molecular formula is C11H19N5O3S2. The topological polar surface area (TPSA) is 108 Å². The molecule has 0 atom stereocenters. The SMILES string of the molecule is CS(=O)(=O)N1CCC(C(=O)NCCSc2ncn[nH]2)CC1. The normalized spacial score (nSPS) is 17.8. The maximum absolute atomic E-state index is 12.0. The second-order valence-corrected chi connectivity index (χ2v) is 7.93. The molecule has 2 heterocycles. The molecule has 10 heteroatoms. The molecule has 1 aliphatic heterocycles. The number of H-pyrrole nitrogens is 1. The van der Waals surface area contributed by atoms with Gasteiger partial charge in [-0.2, -0.15) is 5.10 Å². The maximum Gasteiger partial charge on any atom is 0.223 e. The molecule has 8 nitrogen and oxygen atoms in total. The summed E-state index contributed by atoms with van der Waals surface area (Å²) in [6.07, 6.45) is 3.80. The molecule has 0 saturated carbocycles. The number of hydrogen-bond acceptors (Lipinski definition) is 6. The number of thioether (sulfide) groups is 1. The lowest BCUT2D eigenvalue weighted by molar-refractivity contribution is -0.125. The smallest absolute Gasteiger partial charge is 0.223 e. The molecule has 1 aromatic heterocycles. The molecule has 21 heavy (non-hydrogen) atoms. The minimum atomic E-state index is -3.14. The highest BCUT2D eigenvalue weighted by Crippen LogP contribution is 2.19. The number of nitrogens with one attached hydrogen (secondary N) is 2. The first-order chi connectivity index (χ1) is 9.97. The van der Waals surface area contributed by atoms with E-state index in [0.717, 1.165) is 5.16 Å². The predicted octanol–water partition coefficient (Wildman–Crippen LogP) is -0.315. The number of rotatable bonds is 6. The summed E-state index contributed by atoms with van der Waals surface area (Å²) in [7, 11) is -3.14. The molecule has 1 aliphatic rings. The molecule has 0 unspecified atom stereocenters. The summed E-state index contributed by atoms with van der Waals surface area (Å²) in [6.45, 7) is 1.39. The third-order valence-electron chi connectivity index (χ3n) is 3.33. The zero-order valence-electron chi connectivity index (χ0n) is 11.8. The first kappa shape index (κ1) is 16.2. The molecule has 118 valence electrons. The quantitative estimate of drug-likeness (QED) is 0.546. The Labute approximate surface area is 128 Å². The van der Waals surface area contributed by atoms with Crippen LogP contribution in [0.15, 0.2) is 11.5 Å². The third-order valence-corrected chi connectivity index (χ3v) is 5.51. The third kappa shape index (κ3) is 4.97. The summed E-state index contributed by atoms with van der Waals surface area (Å²) >= 11 is 1.49. The van der Waals surface area contributed by atoms with Gasteiger partial charge in [0.15, 0.2) is 5.16 Å². The van der Waals surface area contributed by atoms with E-state index in [2.05, 4.69) is 20.5 Å². The van der Waals surface area contributed by atoms with Gasteiger partial charge in [-0.25, -0.2) is 17.7 Å². The van der Waals surface area contributed by atoms with Gasteiger partial charge in [0.2, 0.25) is 15.9 Å². The second-order valence-electron chi connectivity index (χ2n) is 4.87. The minimum Gasteiger partial charge on any atom is -0.355 e. The van der Waals surface area contributed by atoms with Crippen molar-refractivity contribution in [2.75, 3.05) is 31.6 Å². The summed E-state index contributed by atoms with van der Waals surface area (Å²) in [6, 6.07) is 0. The number of sulfonamides is 1. The summed E-state index contributed by atoms with van der Waals surface area (Å²) in [4.78, 5) is 16.0. The van der Waals surface area contributed by atoms with Crippen LogP contribution < -0.4 is 5.32 Å². The van der Waals surface area contributed by atoms with Crippen LogP contribution in [0, 0.1) is 5.92 Å². The zero-order valence-corrected chi connectivity index (χ0v) is 13.4. The van der Waals surface area contributed by atoms with Crippen molar-refractivity contribution in [2.24, 2.45) is 5.92 Å². The summed E-state index contributed by atoms with van der Waals surface area (Å²) in [5, 5.41) is 10.1. The number of hydrogen-bond donors (Lipinski definition) is 2. The van der Waals surface area contributed by atoms with Gasteiger partial charge in [0, 0.05) is 31.3 Å². The summed E-state index contributed by atoms with van der Waals surface area (Å²) in [5.74, 6) is 0.614. The van der Waals surface area contributed by atoms with E-state index in [1.807, 2.05) is 0 Å². The van der Waals surface area contributed by atoms with Gasteiger partial charge in [-0.15, -0.1) is 0 Å². The van der Waals surface area contributed by atoms with Crippen LogP contribution in [0.1, 0.15) is 12.8 Å². The number of aromatic amines is 1. The molecule has 1 aromatic rings. The van der Waals surface area contributed by atoms with Crippen molar-refractivity contribution in [3.8, 4) is 0 Å². The number of carbonyl (C=O) groups excluding carboxylic acids is 1. The molecule has 0 radical (unpaired) electrons. The van der Waals surface area contributed by atoms with Gasteiger partial charge in [-0.3, -0.25) is 9.89 Å². The standard InChI is InChI=1S/C11H19N5O3S2/c1-21(18,19)16-5-2-9(3-6-16)10(17)12-4-7-20-11-13-8-14-15-11/h8-9H,2-7H2,1H3,(H,12,17)(H,13,14,15). The van der Waals surface area contributed by atoms with Crippen molar-refractivity contribution >= 4 is 27.7 Å². The van der Waals surface area contributed by atoms with Crippen molar-refractivity contribution in [3.63, 3.8) is 0 Å². The highest BCUT2D eigenvalue weighted by atomic mass is 32.2. The average Bonchev–Trinajstić information content (AvgIpc) is 2.96. The average molecular weight is 333 g/mol. The number of nitrogens with zero attached hydrogens (tertiary/aromatic N) is 3. The van der Waals surface area contributed by atoms with Crippen LogP contribution in [-0.4, -0.2) is 65.5 Å².